The van der Waals surface area contributed by atoms with Crippen LogP contribution in [0, 0.1) is 6.92 Å². The van der Waals surface area contributed by atoms with Crippen molar-refractivity contribution < 1.29 is 9.59 Å². The van der Waals surface area contributed by atoms with Crippen molar-refractivity contribution in [2.75, 3.05) is 18.4 Å². The summed E-state index contributed by atoms with van der Waals surface area (Å²) in [6, 6.07) is 7.60. The fourth-order valence-corrected chi connectivity index (χ4v) is 1.88. The number of carbonyl (C=O) groups excluding carboxylic acids is 2. The van der Waals surface area contributed by atoms with E-state index in [9.17, 15) is 9.59 Å². The van der Waals surface area contributed by atoms with Gasteiger partial charge in [-0.15, -0.1) is 0 Å². The van der Waals surface area contributed by atoms with Gasteiger partial charge in [-0.2, -0.15) is 0 Å². The standard InChI is InChI=1S/C13H16N2O2/c1-10-4-6-11(7-5-10)14-12(16)9-15-8-2-3-13(15)17/h4-7H,2-3,8-9H2,1H3,(H,14,16). The molecule has 1 N–H and O–H groups in total. The smallest absolute Gasteiger partial charge is 0.243 e. The third kappa shape index (κ3) is 3.06. The van der Waals surface area contributed by atoms with Gasteiger partial charge in [0.2, 0.25) is 11.8 Å². The molecule has 1 aromatic rings. The van der Waals surface area contributed by atoms with Crippen LogP contribution in [-0.4, -0.2) is 29.8 Å². The molecule has 1 aliphatic heterocycles. The van der Waals surface area contributed by atoms with Crippen molar-refractivity contribution in [1.29, 1.82) is 0 Å². The second-order valence-corrected chi connectivity index (χ2v) is 4.33. The number of benzene rings is 1. The van der Waals surface area contributed by atoms with Crippen LogP contribution in [0.5, 0.6) is 0 Å². The molecule has 0 radical (unpaired) electrons. The zero-order valence-corrected chi connectivity index (χ0v) is 9.90. The highest BCUT2D eigenvalue weighted by Crippen LogP contribution is 2.11. The molecule has 2 rings (SSSR count). The molecule has 0 aromatic heterocycles. The SMILES string of the molecule is Cc1ccc(NC(=O)CN2CCCC2=O)cc1. The Balaban J connectivity index is 1.88. The molecular formula is C13H16N2O2. The van der Waals surface area contributed by atoms with Gasteiger partial charge in [-0.25, -0.2) is 0 Å². The Kier molecular flexibility index (Phi) is 3.42. The Hall–Kier alpha value is -1.84. The molecule has 0 atom stereocenters. The molecule has 0 bridgehead atoms. The topological polar surface area (TPSA) is 49.4 Å². The van der Waals surface area contributed by atoms with Gasteiger partial charge in [-0.3, -0.25) is 9.59 Å². The molecular weight excluding hydrogens is 216 g/mol. The number of anilines is 1. The third-order valence-corrected chi connectivity index (χ3v) is 2.84. The fraction of sp³-hybridized carbons (Fsp3) is 0.385. The zero-order chi connectivity index (χ0) is 12.3. The lowest BCUT2D eigenvalue weighted by atomic mass is 10.2. The molecule has 0 unspecified atom stereocenters. The van der Waals surface area contributed by atoms with Crippen LogP contribution in [0.1, 0.15) is 18.4 Å². The van der Waals surface area contributed by atoms with Gasteiger partial charge in [0, 0.05) is 18.7 Å². The van der Waals surface area contributed by atoms with Gasteiger partial charge in [0.05, 0.1) is 6.54 Å². The first-order valence-electron chi connectivity index (χ1n) is 5.79. The Morgan fingerprint density at radius 1 is 1.35 bits per heavy atom. The molecule has 1 fully saturated rings. The minimum absolute atomic E-state index is 0.0732. The summed E-state index contributed by atoms with van der Waals surface area (Å²) in [5.74, 6) is -0.0619. The van der Waals surface area contributed by atoms with Crippen molar-refractivity contribution in [1.82, 2.24) is 4.90 Å². The molecule has 1 aromatic carbocycles. The number of amides is 2. The predicted molar refractivity (Wildman–Crippen MR) is 65.6 cm³/mol. The van der Waals surface area contributed by atoms with Gasteiger partial charge in [0.25, 0.3) is 0 Å². The average molecular weight is 232 g/mol. The van der Waals surface area contributed by atoms with E-state index in [1.54, 1.807) is 4.90 Å². The quantitative estimate of drug-likeness (QED) is 0.859. The highest BCUT2D eigenvalue weighted by Gasteiger charge is 2.22. The van der Waals surface area contributed by atoms with E-state index in [2.05, 4.69) is 5.32 Å². The summed E-state index contributed by atoms with van der Waals surface area (Å²) >= 11 is 0. The zero-order valence-electron chi connectivity index (χ0n) is 9.90. The Bertz CT molecular complexity index is 426. The number of carbonyl (C=O) groups is 2. The second kappa shape index (κ2) is 4.99. The van der Waals surface area contributed by atoms with Gasteiger partial charge in [-0.05, 0) is 25.5 Å². The average Bonchev–Trinajstić information content (AvgIpc) is 2.68. The molecule has 17 heavy (non-hydrogen) atoms. The van der Waals surface area contributed by atoms with E-state index in [0.717, 1.165) is 17.7 Å². The number of hydrogen-bond donors (Lipinski definition) is 1. The number of nitrogens with one attached hydrogen (secondary N) is 1. The summed E-state index contributed by atoms with van der Waals surface area (Å²) in [5.41, 5.74) is 1.92. The minimum Gasteiger partial charge on any atom is -0.333 e. The van der Waals surface area contributed by atoms with Gasteiger partial charge < -0.3 is 10.2 Å². The molecule has 4 heteroatoms. The van der Waals surface area contributed by atoms with Gasteiger partial charge >= 0.3 is 0 Å². The number of likely N-dealkylation sites (tertiary alicyclic amines) is 1. The van der Waals surface area contributed by atoms with E-state index in [1.807, 2.05) is 31.2 Å². The molecule has 2 amide bonds. The van der Waals surface area contributed by atoms with E-state index < -0.39 is 0 Å². The second-order valence-electron chi connectivity index (χ2n) is 4.33. The van der Waals surface area contributed by atoms with Crippen LogP contribution in [0.15, 0.2) is 24.3 Å². The van der Waals surface area contributed by atoms with Gasteiger partial charge in [0.1, 0.15) is 0 Å². The highest BCUT2D eigenvalue weighted by molar-refractivity contribution is 5.94. The lowest BCUT2D eigenvalue weighted by Gasteiger charge is -2.14. The molecule has 90 valence electrons. The van der Waals surface area contributed by atoms with Crippen LogP contribution in [0.25, 0.3) is 0 Å². The Labute approximate surface area is 101 Å². The van der Waals surface area contributed by atoms with Crippen molar-refractivity contribution in [3.63, 3.8) is 0 Å². The van der Waals surface area contributed by atoms with E-state index in [4.69, 9.17) is 0 Å². The summed E-state index contributed by atoms with van der Waals surface area (Å²) in [7, 11) is 0. The van der Waals surface area contributed by atoms with Crippen LogP contribution in [0.3, 0.4) is 0 Å². The third-order valence-electron chi connectivity index (χ3n) is 2.84. The molecule has 1 aliphatic rings. The van der Waals surface area contributed by atoms with Crippen molar-refractivity contribution >= 4 is 17.5 Å². The number of aryl methyl sites for hydroxylation is 1. The van der Waals surface area contributed by atoms with Crippen LogP contribution in [0.2, 0.25) is 0 Å². The molecule has 1 saturated heterocycles. The summed E-state index contributed by atoms with van der Waals surface area (Å²) in [6.45, 7) is 2.85. The first-order valence-corrected chi connectivity index (χ1v) is 5.79. The summed E-state index contributed by atoms with van der Waals surface area (Å²) in [5, 5.41) is 2.78. The molecule has 4 nitrogen and oxygen atoms in total. The lowest BCUT2D eigenvalue weighted by molar-refractivity contribution is -0.131. The highest BCUT2D eigenvalue weighted by atomic mass is 16.2. The predicted octanol–water partition coefficient (Wildman–Crippen LogP) is 1.56. The number of hydrogen-bond acceptors (Lipinski definition) is 2. The molecule has 0 aliphatic carbocycles. The largest absolute Gasteiger partial charge is 0.333 e. The van der Waals surface area contributed by atoms with Crippen molar-refractivity contribution in [2.45, 2.75) is 19.8 Å². The van der Waals surface area contributed by atoms with Gasteiger partial charge in [-0.1, -0.05) is 17.7 Å². The van der Waals surface area contributed by atoms with Crippen LogP contribution < -0.4 is 5.32 Å². The van der Waals surface area contributed by atoms with E-state index in [-0.39, 0.29) is 18.4 Å². The number of nitrogens with zero attached hydrogens (tertiary/aromatic N) is 1. The molecule has 0 spiro atoms. The van der Waals surface area contributed by atoms with Gasteiger partial charge in [0.15, 0.2) is 0 Å². The van der Waals surface area contributed by atoms with Crippen LogP contribution in [-0.2, 0) is 9.59 Å². The number of rotatable bonds is 3. The lowest BCUT2D eigenvalue weighted by Crippen LogP contribution is -2.33. The summed E-state index contributed by atoms with van der Waals surface area (Å²) in [4.78, 5) is 24.6. The Morgan fingerprint density at radius 2 is 2.06 bits per heavy atom. The summed E-state index contributed by atoms with van der Waals surface area (Å²) in [6.07, 6.45) is 1.43. The normalized spacial score (nSPS) is 15.1. The van der Waals surface area contributed by atoms with E-state index in [1.165, 1.54) is 0 Å². The van der Waals surface area contributed by atoms with E-state index in [0.29, 0.717) is 13.0 Å². The fourth-order valence-electron chi connectivity index (χ4n) is 1.88. The Morgan fingerprint density at radius 3 is 2.65 bits per heavy atom. The first kappa shape index (κ1) is 11.6. The van der Waals surface area contributed by atoms with E-state index >= 15 is 0 Å². The monoisotopic (exact) mass is 232 g/mol. The molecule has 0 saturated carbocycles. The maximum atomic E-state index is 11.7. The maximum absolute atomic E-state index is 11.7. The van der Waals surface area contributed by atoms with Crippen molar-refractivity contribution in [2.24, 2.45) is 0 Å². The van der Waals surface area contributed by atoms with Crippen LogP contribution >= 0.6 is 0 Å². The van der Waals surface area contributed by atoms with Crippen LogP contribution in [0.4, 0.5) is 5.69 Å². The summed E-state index contributed by atoms with van der Waals surface area (Å²) < 4.78 is 0. The molecule has 1 heterocycles. The minimum atomic E-state index is -0.135. The maximum Gasteiger partial charge on any atom is 0.243 e. The van der Waals surface area contributed by atoms with Crippen molar-refractivity contribution in [3.05, 3.63) is 29.8 Å². The van der Waals surface area contributed by atoms with Crippen molar-refractivity contribution in [3.8, 4) is 0 Å². The first-order chi connectivity index (χ1) is 8.15.